The summed E-state index contributed by atoms with van der Waals surface area (Å²) in [6.07, 6.45) is 2.05. The lowest BCUT2D eigenvalue weighted by atomic mass is 9.90. The number of methoxy groups -OCH3 is 2. The van der Waals surface area contributed by atoms with Crippen molar-refractivity contribution >= 4 is 29.9 Å². The number of nitrogens with two attached hydrogens (primary N) is 1. The fourth-order valence-corrected chi connectivity index (χ4v) is 6.15. The zero-order chi connectivity index (χ0) is 34.6. The van der Waals surface area contributed by atoms with Gasteiger partial charge in [-0.2, -0.15) is 0 Å². The molecule has 0 spiro atoms. The molecule has 1 fully saturated rings. The average Bonchev–Trinajstić information content (AvgIpc) is 3.52. The first-order valence-electron chi connectivity index (χ1n) is 16.2. The number of aldehydes is 1. The van der Waals surface area contributed by atoms with Gasteiger partial charge in [-0.05, 0) is 44.6 Å². The Bertz CT molecular complexity index is 1160. The standard InChI is InChI=1S/C34H55N5O7/c1-9-22(2)30(38(6)29(42)20-36-33(44)34(4,5)35)27(45-7)19-28(41)39-17-13-16-26(39)31(46-8)23(3)32(43)37-25(21-40)18-24-14-11-10-12-15-24/h10-12,14-15,21-23,25-27,30-31H,9,13,16-20,35H2,1-8H3,(H,36,44)(H,37,43). The van der Waals surface area contributed by atoms with Crippen LogP contribution >= 0.6 is 0 Å². The summed E-state index contributed by atoms with van der Waals surface area (Å²) in [6.45, 7) is 9.14. The van der Waals surface area contributed by atoms with Gasteiger partial charge in [0.15, 0.2) is 0 Å². The van der Waals surface area contributed by atoms with Crippen LogP contribution in [0.5, 0.6) is 0 Å². The minimum Gasteiger partial charge on any atom is -0.379 e. The third-order valence-electron chi connectivity index (χ3n) is 9.08. The molecule has 1 aliphatic rings. The van der Waals surface area contributed by atoms with Gasteiger partial charge in [0.1, 0.15) is 6.29 Å². The predicted molar refractivity (Wildman–Crippen MR) is 176 cm³/mol. The number of likely N-dealkylation sites (N-methyl/N-ethyl adjacent to an activating group) is 1. The van der Waals surface area contributed by atoms with Gasteiger partial charge in [-0.3, -0.25) is 19.2 Å². The van der Waals surface area contributed by atoms with E-state index in [-0.39, 0.29) is 42.6 Å². The lowest BCUT2D eigenvalue weighted by Gasteiger charge is -2.39. The minimum atomic E-state index is -1.13. The molecule has 12 nitrogen and oxygen atoms in total. The van der Waals surface area contributed by atoms with E-state index in [1.165, 1.54) is 14.2 Å². The summed E-state index contributed by atoms with van der Waals surface area (Å²) in [5.74, 6) is -1.90. The Hall–Kier alpha value is -3.35. The van der Waals surface area contributed by atoms with Crippen LogP contribution in [0.4, 0.5) is 0 Å². The maximum absolute atomic E-state index is 13.9. The maximum atomic E-state index is 13.9. The first-order chi connectivity index (χ1) is 21.7. The molecular formula is C34H55N5O7. The highest BCUT2D eigenvalue weighted by atomic mass is 16.5. The molecule has 46 heavy (non-hydrogen) atoms. The minimum absolute atomic E-state index is 0.0141. The fraction of sp³-hybridized carbons (Fsp3) is 0.676. The number of ether oxygens (including phenoxy) is 2. The highest BCUT2D eigenvalue weighted by Gasteiger charge is 2.42. The van der Waals surface area contributed by atoms with Gasteiger partial charge in [0, 0.05) is 27.8 Å². The van der Waals surface area contributed by atoms with Crippen molar-refractivity contribution in [1.29, 1.82) is 0 Å². The SMILES string of the molecule is CCC(C)C(C(CC(=O)N1CCCC1C(OC)C(C)C(=O)NC(C=O)Cc1ccccc1)OC)N(C)C(=O)CNC(=O)C(C)(C)N. The van der Waals surface area contributed by atoms with Crippen LogP contribution < -0.4 is 16.4 Å². The smallest absolute Gasteiger partial charge is 0.242 e. The van der Waals surface area contributed by atoms with E-state index in [4.69, 9.17) is 15.2 Å². The average molecular weight is 646 g/mol. The Balaban J connectivity index is 2.15. The lowest BCUT2D eigenvalue weighted by Crippen LogP contribution is -2.56. The molecule has 4 N–H and O–H groups in total. The first-order valence-corrected chi connectivity index (χ1v) is 16.2. The molecule has 7 atom stereocenters. The number of carbonyl (C=O) groups is 5. The Kier molecular flexibility index (Phi) is 15.3. The molecule has 0 saturated carbocycles. The molecule has 0 radical (unpaired) electrons. The third-order valence-corrected chi connectivity index (χ3v) is 9.08. The lowest BCUT2D eigenvalue weighted by molar-refractivity contribution is -0.146. The largest absolute Gasteiger partial charge is 0.379 e. The monoisotopic (exact) mass is 645 g/mol. The van der Waals surface area contributed by atoms with Crippen molar-refractivity contribution in [3.05, 3.63) is 35.9 Å². The summed E-state index contributed by atoms with van der Waals surface area (Å²) in [4.78, 5) is 67.7. The third kappa shape index (κ3) is 10.6. The summed E-state index contributed by atoms with van der Waals surface area (Å²) >= 11 is 0. The van der Waals surface area contributed by atoms with Gasteiger partial charge >= 0.3 is 0 Å². The van der Waals surface area contributed by atoms with Gasteiger partial charge in [0.25, 0.3) is 0 Å². The van der Waals surface area contributed by atoms with Crippen LogP contribution in [0.1, 0.15) is 65.9 Å². The molecule has 7 unspecified atom stereocenters. The quantitative estimate of drug-likeness (QED) is 0.203. The van der Waals surface area contributed by atoms with E-state index in [9.17, 15) is 24.0 Å². The van der Waals surface area contributed by atoms with Crippen molar-refractivity contribution in [3.63, 3.8) is 0 Å². The number of likely N-dealkylation sites (tertiary alicyclic amines) is 1. The number of hydrogen-bond donors (Lipinski definition) is 3. The molecule has 12 heteroatoms. The van der Waals surface area contributed by atoms with E-state index in [2.05, 4.69) is 10.6 Å². The zero-order valence-corrected chi connectivity index (χ0v) is 28.8. The molecule has 1 heterocycles. The molecule has 1 saturated heterocycles. The van der Waals surface area contributed by atoms with E-state index in [1.54, 1.807) is 37.6 Å². The van der Waals surface area contributed by atoms with E-state index in [0.29, 0.717) is 19.4 Å². The molecule has 0 aromatic heterocycles. The van der Waals surface area contributed by atoms with Crippen molar-refractivity contribution in [2.45, 2.75) is 103 Å². The second-order valence-corrected chi connectivity index (χ2v) is 13.0. The van der Waals surface area contributed by atoms with Crippen molar-refractivity contribution in [1.82, 2.24) is 20.4 Å². The molecule has 4 amide bonds. The van der Waals surface area contributed by atoms with E-state index < -0.39 is 41.7 Å². The van der Waals surface area contributed by atoms with Crippen LogP contribution in [-0.2, 0) is 39.9 Å². The van der Waals surface area contributed by atoms with Crippen molar-refractivity contribution in [2.75, 3.05) is 34.4 Å². The number of hydrogen-bond acceptors (Lipinski definition) is 8. The topological polar surface area (TPSA) is 160 Å². The highest BCUT2D eigenvalue weighted by molar-refractivity contribution is 5.89. The fourth-order valence-electron chi connectivity index (χ4n) is 6.15. The molecule has 258 valence electrons. The van der Waals surface area contributed by atoms with Crippen LogP contribution in [0, 0.1) is 11.8 Å². The molecule has 1 aliphatic heterocycles. The highest BCUT2D eigenvalue weighted by Crippen LogP contribution is 2.29. The van der Waals surface area contributed by atoms with Crippen LogP contribution in [0.2, 0.25) is 0 Å². The Labute approximate surface area is 274 Å². The molecule has 0 aliphatic carbocycles. The molecule has 1 aromatic rings. The van der Waals surface area contributed by atoms with Crippen LogP contribution in [-0.4, -0.2) is 110 Å². The summed E-state index contributed by atoms with van der Waals surface area (Å²) < 4.78 is 11.7. The van der Waals surface area contributed by atoms with Crippen molar-refractivity contribution in [2.24, 2.45) is 17.6 Å². The van der Waals surface area contributed by atoms with Gasteiger partial charge in [0.05, 0.1) is 54.8 Å². The van der Waals surface area contributed by atoms with Crippen molar-refractivity contribution < 1.29 is 33.4 Å². The number of benzene rings is 1. The van der Waals surface area contributed by atoms with Crippen LogP contribution in [0.15, 0.2) is 30.3 Å². The number of nitrogens with one attached hydrogen (secondary N) is 2. The van der Waals surface area contributed by atoms with E-state index in [1.807, 2.05) is 44.2 Å². The molecular weight excluding hydrogens is 590 g/mol. The predicted octanol–water partition coefficient (Wildman–Crippen LogP) is 1.69. The van der Waals surface area contributed by atoms with E-state index >= 15 is 0 Å². The summed E-state index contributed by atoms with van der Waals surface area (Å²) in [7, 11) is 4.70. The Morgan fingerprint density at radius 2 is 1.78 bits per heavy atom. The maximum Gasteiger partial charge on any atom is 0.242 e. The van der Waals surface area contributed by atoms with Gasteiger partial charge in [-0.15, -0.1) is 0 Å². The number of nitrogens with zero attached hydrogens (tertiary/aromatic N) is 2. The molecule has 0 bridgehead atoms. The van der Waals surface area contributed by atoms with Gasteiger partial charge < -0.3 is 40.4 Å². The summed E-state index contributed by atoms with van der Waals surface area (Å²) in [6, 6.07) is 7.98. The summed E-state index contributed by atoms with van der Waals surface area (Å²) in [5, 5.41) is 5.43. The van der Waals surface area contributed by atoms with Crippen LogP contribution in [0.3, 0.4) is 0 Å². The summed E-state index contributed by atoms with van der Waals surface area (Å²) in [5.41, 5.74) is 5.65. The van der Waals surface area contributed by atoms with E-state index in [0.717, 1.165) is 24.7 Å². The number of amides is 4. The Morgan fingerprint density at radius 1 is 1.13 bits per heavy atom. The molecule has 2 rings (SSSR count). The van der Waals surface area contributed by atoms with Crippen molar-refractivity contribution in [3.8, 4) is 0 Å². The number of carbonyl (C=O) groups excluding carboxylic acids is 5. The first kappa shape index (κ1) is 38.8. The normalized spacial score (nSPS) is 18.9. The number of rotatable bonds is 18. The van der Waals surface area contributed by atoms with Gasteiger partial charge in [0.2, 0.25) is 23.6 Å². The van der Waals surface area contributed by atoms with Gasteiger partial charge in [-0.25, -0.2) is 0 Å². The molecule has 1 aromatic carbocycles. The van der Waals surface area contributed by atoms with Crippen LogP contribution in [0.25, 0.3) is 0 Å². The Morgan fingerprint density at radius 3 is 2.33 bits per heavy atom. The van der Waals surface area contributed by atoms with Gasteiger partial charge in [-0.1, -0.05) is 57.5 Å². The zero-order valence-electron chi connectivity index (χ0n) is 28.8. The second kappa shape index (κ2) is 18.1. The second-order valence-electron chi connectivity index (χ2n) is 13.0.